The van der Waals surface area contributed by atoms with Crippen LogP contribution in [-0.4, -0.2) is 40.6 Å². The molecule has 0 radical (unpaired) electrons. The van der Waals surface area contributed by atoms with Crippen LogP contribution in [0.3, 0.4) is 0 Å². The molecule has 9 atom stereocenters. The minimum Gasteiger partial charge on any atom is -0.481 e. The van der Waals surface area contributed by atoms with Gasteiger partial charge in [-0.25, -0.2) is 4.79 Å². The van der Waals surface area contributed by atoms with E-state index >= 15 is 0 Å². The van der Waals surface area contributed by atoms with E-state index in [-0.39, 0.29) is 45.9 Å². The Bertz CT molecular complexity index is 1210. The van der Waals surface area contributed by atoms with E-state index < -0.39 is 28.9 Å². The number of allylic oxidation sites excluding steroid dienone is 3. The van der Waals surface area contributed by atoms with Gasteiger partial charge in [-0.2, -0.15) is 0 Å². The molecule has 0 aromatic heterocycles. The number of aliphatic hydroxyl groups is 1. The molecule has 228 valence electrons. The maximum absolute atomic E-state index is 13.4. The maximum Gasteiger partial charge on any atom is 0.333 e. The number of ether oxygens (including phenoxy) is 1. The van der Waals surface area contributed by atoms with Gasteiger partial charge in [-0.15, -0.1) is 0 Å². The number of ketones is 1. The second kappa shape index (κ2) is 9.53. The van der Waals surface area contributed by atoms with Crippen molar-refractivity contribution in [1.29, 1.82) is 0 Å². The third-order valence-electron chi connectivity index (χ3n) is 13.9. The van der Waals surface area contributed by atoms with E-state index in [2.05, 4.69) is 40.7 Å². The van der Waals surface area contributed by atoms with Crippen molar-refractivity contribution in [3.05, 3.63) is 23.3 Å². The number of hydrogen-bond donors (Lipinski definition) is 2. The van der Waals surface area contributed by atoms with Gasteiger partial charge in [-0.05, 0) is 98.7 Å². The molecule has 0 spiro atoms. The zero-order chi connectivity index (χ0) is 30.4. The molecule has 6 heteroatoms. The van der Waals surface area contributed by atoms with Crippen LogP contribution in [-0.2, 0) is 19.1 Å². The molecule has 6 nitrogen and oxygen atoms in total. The van der Waals surface area contributed by atoms with Gasteiger partial charge >= 0.3 is 11.9 Å². The Hall–Kier alpha value is -1.95. The first kappa shape index (κ1) is 30.5. The number of fused-ring (bicyclic) bond motifs is 7. The van der Waals surface area contributed by atoms with Gasteiger partial charge in [0.2, 0.25) is 0 Å². The van der Waals surface area contributed by atoms with E-state index in [1.807, 2.05) is 6.92 Å². The standard InChI is InChI=1S/C35H52O6/c1-9-21(2)28(38)41-27-19-30(3,4)18-23-22-10-11-25-31(5)14-13-26(37)32(6,20-36)24(31)12-15-34(25,8)33(22,7)16-17-35(23,27)29(39)40/h9-10,23-25,27,36H,11-20H2,1-8H3,(H,39,40). The lowest BCUT2D eigenvalue weighted by Crippen LogP contribution is -2.67. The van der Waals surface area contributed by atoms with Crippen molar-refractivity contribution in [1.82, 2.24) is 0 Å². The normalized spacial score (nSPS) is 47.2. The van der Waals surface area contributed by atoms with Gasteiger partial charge in [-0.1, -0.05) is 59.3 Å². The van der Waals surface area contributed by atoms with Gasteiger partial charge in [0, 0.05) is 17.9 Å². The van der Waals surface area contributed by atoms with Crippen molar-refractivity contribution in [2.24, 2.45) is 50.2 Å². The monoisotopic (exact) mass is 568 g/mol. The molecule has 0 heterocycles. The number of Topliss-reactive ketones (excluding diaryl/α,β-unsaturated/α-hetero) is 1. The Balaban J connectivity index is 1.60. The van der Waals surface area contributed by atoms with Crippen molar-refractivity contribution in [3.63, 3.8) is 0 Å². The number of carbonyl (C=O) groups is 3. The van der Waals surface area contributed by atoms with Gasteiger partial charge in [0.05, 0.1) is 12.0 Å². The van der Waals surface area contributed by atoms with Crippen LogP contribution >= 0.6 is 0 Å². The smallest absolute Gasteiger partial charge is 0.333 e. The molecule has 0 aromatic carbocycles. The zero-order valence-electron chi connectivity index (χ0n) is 26.6. The fourth-order valence-corrected chi connectivity index (χ4v) is 11.1. The van der Waals surface area contributed by atoms with E-state index in [1.54, 1.807) is 19.9 Å². The molecule has 4 saturated carbocycles. The largest absolute Gasteiger partial charge is 0.481 e. The second-order valence-corrected chi connectivity index (χ2v) is 16.1. The van der Waals surface area contributed by atoms with Crippen molar-refractivity contribution >= 4 is 17.7 Å². The molecular formula is C35H52O6. The lowest BCUT2D eigenvalue weighted by Gasteiger charge is -2.70. The number of aliphatic carboxylic acids is 1. The van der Waals surface area contributed by atoms with Crippen molar-refractivity contribution < 1.29 is 29.3 Å². The van der Waals surface area contributed by atoms with E-state index in [0.29, 0.717) is 30.8 Å². The Labute approximate surface area is 246 Å². The number of esters is 1. The average Bonchev–Trinajstić information content (AvgIpc) is 2.90. The molecule has 5 rings (SSSR count). The summed E-state index contributed by atoms with van der Waals surface area (Å²) in [5.41, 5.74) is -0.555. The second-order valence-electron chi connectivity index (χ2n) is 16.1. The molecule has 0 bridgehead atoms. The average molecular weight is 569 g/mol. The van der Waals surface area contributed by atoms with Crippen molar-refractivity contribution in [2.75, 3.05) is 6.61 Å². The summed E-state index contributed by atoms with van der Waals surface area (Å²) in [5, 5.41) is 21.4. The number of aliphatic hydroxyl groups excluding tert-OH is 1. The first-order valence-electron chi connectivity index (χ1n) is 15.9. The fourth-order valence-electron chi connectivity index (χ4n) is 11.1. The SMILES string of the molecule is CC=C(C)C(=O)OC1CC(C)(C)CC2C3=CCC4C5(C)CCC(=O)C(C)(CO)C5CCC4(C)C3(C)CCC12C(=O)O. The molecule has 0 saturated heterocycles. The van der Waals surface area contributed by atoms with Gasteiger partial charge in [0.1, 0.15) is 17.3 Å². The van der Waals surface area contributed by atoms with Crippen LogP contribution in [0, 0.1) is 50.2 Å². The minimum atomic E-state index is -1.14. The van der Waals surface area contributed by atoms with Gasteiger partial charge < -0.3 is 14.9 Å². The summed E-state index contributed by atoms with van der Waals surface area (Å²) in [6.07, 6.45) is 10.0. The highest BCUT2D eigenvalue weighted by Gasteiger charge is 2.71. The van der Waals surface area contributed by atoms with Crippen molar-refractivity contribution in [2.45, 2.75) is 119 Å². The Morgan fingerprint density at radius 1 is 1.02 bits per heavy atom. The predicted octanol–water partition coefficient (Wildman–Crippen LogP) is 6.90. The molecule has 41 heavy (non-hydrogen) atoms. The molecule has 5 aliphatic carbocycles. The summed E-state index contributed by atoms with van der Waals surface area (Å²) in [6.45, 7) is 17.0. The quantitative estimate of drug-likeness (QED) is 0.217. The van der Waals surface area contributed by atoms with Gasteiger partial charge in [0.25, 0.3) is 0 Å². The third-order valence-corrected chi connectivity index (χ3v) is 13.9. The number of carboxylic acids is 1. The van der Waals surface area contributed by atoms with Crippen LogP contribution in [0.15, 0.2) is 23.3 Å². The van der Waals surface area contributed by atoms with E-state index in [1.165, 1.54) is 5.57 Å². The summed E-state index contributed by atoms with van der Waals surface area (Å²) in [4.78, 5) is 39.5. The molecule has 0 amide bonds. The fraction of sp³-hybridized carbons (Fsp3) is 0.800. The van der Waals surface area contributed by atoms with Crippen LogP contribution in [0.5, 0.6) is 0 Å². The first-order valence-corrected chi connectivity index (χ1v) is 15.9. The van der Waals surface area contributed by atoms with Crippen LogP contribution in [0.4, 0.5) is 0 Å². The molecular weight excluding hydrogens is 516 g/mol. The van der Waals surface area contributed by atoms with Gasteiger partial charge in [-0.3, -0.25) is 9.59 Å². The Morgan fingerprint density at radius 3 is 2.32 bits per heavy atom. The van der Waals surface area contributed by atoms with Crippen LogP contribution in [0.2, 0.25) is 0 Å². The summed E-state index contributed by atoms with van der Waals surface area (Å²) in [7, 11) is 0. The van der Waals surface area contributed by atoms with Crippen LogP contribution in [0.25, 0.3) is 0 Å². The molecule has 4 fully saturated rings. The summed E-state index contributed by atoms with van der Waals surface area (Å²) >= 11 is 0. The highest BCUT2D eigenvalue weighted by molar-refractivity contribution is 5.88. The van der Waals surface area contributed by atoms with E-state index in [4.69, 9.17) is 4.74 Å². The predicted molar refractivity (Wildman–Crippen MR) is 158 cm³/mol. The first-order chi connectivity index (χ1) is 19.0. The molecule has 2 N–H and O–H groups in total. The van der Waals surface area contributed by atoms with Crippen molar-refractivity contribution in [3.8, 4) is 0 Å². The lowest BCUT2D eigenvalue weighted by atomic mass is 9.33. The maximum atomic E-state index is 13.4. The summed E-state index contributed by atoms with van der Waals surface area (Å²) in [6, 6.07) is 0. The lowest BCUT2D eigenvalue weighted by molar-refractivity contribution is -0.208. The zero-order valence-corrected chi connectivity index (χ0v) is 26.6. The van der Waals surface area contributed by atoms with Crippen LogP contribution < -0.4 is 0 Å². The minimum absolute atomic E-state index is 0.0565. The number of hydrogen-bond acceptors (Lipinski definition) is 5. The highest BCUT2D eigenvalue weighted by atomic mass is 16.5. The Kier molecular flexibility index (Phi) is 7.09. The number of carboxylic acid groups (broad SMARTS) is 1. The molecule has 0 aromatic rings. The molecule has 9 unspecified atom stereocenters. The highest BCUT2D eigenvalue weighted by Crippen LogP contribution is 2.75. The molecule has 0 aliphatic heterocycles. The molecule has 5 aliphatic rings. The van der Waals surface area contributed by atoms with Crippen LogP contribution in [0.1, 0.15) is 113 Å². The third kappa shape index (κ3) is 3.94. The Morgan fingerprint density at radius 2 is 1.71 bits per heavy atom. The number of rotatable bonds is 4. The topological polar surface area (TPSA) is 101 Å². The van der Waals surface area contributed by atoms with Gasteiger partial charge in [0.15, 0.2) is 0 Å². The summed E-state index contributed by atoms with van der Waals surface area (Å²) < 4.78 is 6.12. The summed E-state index contributed by atoms with van der Waals surface area (Å²) in [5.74, 6) is -0.772. The van der Waals surface area contributed by atoms with E-state index in [0.717, 1.165) is 38.5 Å². The number of carbonyl (C=O) groups excluding carboxylic acids is 2. The van der Waals surface area contributed by atoms with E-state index in [9.17, 15) is 24.6 Å².